The monoisotopic (exact) mass is 224 g/mol. The molecule has 16 heavy (non-hydrogen) atoms. The van der Waals surface area contributed by atoms with Crippen molar-refractivity contribution in [3.63, 3.8) is 0 Å². The van der Waals surface area contributed by atoms with Gasteiger partial charge in [-0.3, -0.25) is 4.79 Å². The van der Waals surface area contributed by atoms with E-state index in [-0.39, 0.29) is 5.91 Å². The van der Waals surface area contributed by atoms with E-state index in [2.05, 4.69) is 10.6 Å². The molecule has 0 heterocycles. The van der Waals surface area contributed by atoms with Crippen LogP contribution in [0.15, 0.2) is 0 Å². The third kappa shape index (κ3) is 4.52. The third-order valence-corrected chi connectivity index (χ3v) is 3.68. The van der Waals surface area contributed by atoms with Crippen LogP contribution in [0, 0.1) is 5.92 Å². The Morgan fingerprint density at radius 2 is 1.81 bits per heavy atom. The molecule has 0 aromatic carbocycles. The van der Waals surface area contributed by atoms with Gasteiger partial charge in [-0.05, 0) is 31.7 Å². The molecule has 2 N–H and O–H groups in total. The van der Waals surface area contributed by atoms with Crippen molar-refractivity contribution in [1.82, 2.24) is 10.6 Å². The molecule has 2 saturated carbocycles. The fourth-order valence-electron chi connectivity index (χ4n) is 2.46. The van der Waals surface area contributed by atoms with E-state index in [4.69, 9.17) is 0 Å². The molecule has 2 aliphatic carbocycles. The molecule has 0 bridgehead atoms. The summed E-state index contributed by atoms with van der Waals surface area (Å²) in [5, 5.41) is 6.38. The Kier molecular flexibility index (Phi) is 4.64. The maximum Gasteiger partial charge on any atom is 0.221 e. The first-order valence-electron chi connectivity index (χ1n) is 6.84. The zero-order valence-electron chi connectivity index (χ0n) is 10.1. The topological polar surface area (TPSA) is 41.1 Å². The summed E-state index contributed by atoms with van der Waals surface area (Å²) in [5.41, 5.74) is 0. The first-order valence-corrected chi connectivity index (χ1v) is 6.84. The number of amides is 1. The van der Waals surface area contributed by atoms with Gasteiger partial charge >= 0.3 is 0 Å². The van der Waals surface area contributed by atoms with Crippen molar-refractivity contribution >= 4 is 5.91 Å². The normalized spacial score (nSPS) is 21.2. The van der Waals surface area contributed by atoms with Gasteiger partial charge in [-0.15, -0.1) is 0 Å². The fourth-order valence-corrected chi connectivity index (χ4v) is 2.46. The molecule has 0 aromatic heterocycles. The minimum absolute atomic E-state index is 0.218. The lowest BCUT2D eigenvalue weighted by atomic mass is 10.0. The molecule has 0 spiro atoms. The van der Waals surface area contributed by atoms with Gasteiger partial charge in [0.15, 0.2) is 0 Å². The van der Waals surface area contributed by atoms with Crippen molar-refractivity contribution in [2.45, 2.75) is 57.4 Å². The molecule has 0 atom stereocenters. The van der Waals surface area contributed by atoms with Crippen molar-refractivity contribution in [1.29, 1.82) is 0 Å². The smallest absolute Gasteiger partial charge is 0.221 e. The van der Waals surface area contributed by atoms with Crippen LogP contribution < -0.4 is 10.6 Å². The summed E-state index contributed by atoms with van der Waals surface area (Å²) in [6, 6.07) is 0.506. The predicted octanol–water partition coefficient (Wildman–Crippen LogP) is 1.82. The van der Waals surface area contributed by atoms with Gasteiger partial charge in [-0.25, -0.2) is 0 Å². The van der Waals surface area contributed by atoms with Crippen LogP contribution in [0.1, 0.15) is 51.4 Å². The summed E-state index contributed by atoms with van der Waals surface area (Å²) in [7, 11) is 0. The summed E-state index contributed by atoms with van der Waals surface area (Å²) >= 11 is 0. The molecule has 3 heteroatoms. The standard InChI is InChI=1S/C13H24N2O/c16-13(15-12-5-6-12)8-10-14-9-7-11-3-1-2-4-11/h11-12,14H,1-10H2,(H,15,16). The van der Waals surface area contributed by atoms with Gasteiger partial charge in [0.05, 0.1) is 0 Å². The molecule has 0 aliphatic heterocycles. The van der Waals surface area contributed by atoms with Gasteiger partial charge < -0.3 is 10.6 Å². The first kappa shape index (κ1) is 11.9. The number of hydrogen-bond donors (Lipinski definition) is 2. The van der Waals surface area contributed by atoms with E-state index < -0.39 is 0 Å². The van der Waals surface area contributed by atoms with Gasteiger partial charge in [0, 0.05) is 19.0 Å². The van der Waals surface area contributed by atoms with Crippen molar-refractivity contribution < 1.29 is 4.79 Å². The Hall–Kier alpha value is -0.570. The zero-order valence-corrected chi connectivity index (χ0v) is 10.1. The van der Waals surface area contributed by atoms with E-state index >= 15 is 0 Å². The van der Waals surface area contributed by atoms with Crippen LogP contribution >= 0.6 is 0 Å². The van der Waals surface area contributed by atoms with E-state index in [1.165, 1.54) is 44.9 Å². The van der Waals surface area contributed by atoms with E-state index in [0.29, 0.717) is 12.5 Å². The first-order chi connectivity index (χ1) is 7.84. The second kappa shape index (κ2) is 6.24. The van der Waals surface area contributed by atoms with Crippen LogP contribution in [-0.4, -0.2) is 25.0 Å². The highest BCUT2D eigenvalue weighted by Crippen LogP contribution is 2.26. The highest BCUT2D eigenvalue weighted by Gasteiger charge is 2.22. The lowest BCUT2D eigenvalue weighted by Crippen LogP contribution is -2.29. The van der Waals surface area contributed by atoms with E-state index in [1.807, 2.05) is 0 Å². The molecule has 2 aliphatic rings. The van der Waals surface area contributed by atoms with Gasteiger partial charge in [-0.2, -0.15) is 0 Å². The van der Waals surface area contributed by atoms with Crippen molar-refractivity contribution in [2.24, 2.45) is 5.92 Å². The van der Waals surface area contributed by atoms with Crippen molar-refractivity contribution in [3.05, 3.63) is 0 Å². The molecule has 0 unspecified atom stereocenters. The van der Waals surface area contributed by atoms with Gasteiger partial charge in [0.1, 0.15) is 0 Å². The van der Waals surface area contributed by atoms with Crippen LogP contribution in [-0.2, 0) is 4.79 Å². The minimum Gasteiger partial charge on any atom is -0.353 e. The largest absolute Gasteiger partial charge is 0.353 e. The molecular formula is C13H24N2O. The van der Waals surface area contributed by atoms with E-state index in [0.717, 1.165) is 19.0 Å². The van der Waals surface area contributed by atoms with Gasteiger partial charge in [0.25, 0.3) is 0 Å². The molecule has 3 nitrogen and oxygen atoms in total. The van der Waals surface area contributed by atoms with Crippen LogP contribution in [0.25, 0.3) is 0 Å². The minimum atomic E-state index is 0.218. The Morgan fingerprint density at radius 1 is 1.06 bits per heavy atom. The summed E-state index contributed by atoms with van der Waals surface area (Å²) in [6.45, 7) is 1.92. The Balaban J connectivity index is 1.40. The van der Waals surface area contributed by atoms with Crippen LogP contribution in [0.4, 0.5) is 0 Å². The molecule has 0 radical (unpaired) electrons. The average molecular weight is 224 g/mol. The number of rotatable bonds is 7. The number of hydrogen-bond acceptors (Lipinski definition) is 2. The Bertz CT molecular complexity index is 220. The second-order valence-electron chi connectivity index (χ2n) is 5.28. The Morgan fingerprint density at radius 3 is 2.50 bits per heavy atom. The number of carbonyl (C=O) groups is 1. The SMILES string of the molecule is O=C(CCNCCC1CCCC1)NC1CC1. The van der Waals surface area contributed by atoms with Crippen molar-refractivity contribution in [3.8, 4) is 0 Å². The maximum absolute atomic E-state index is 11.4. The van der Waals surface area contributed by atoms with Crippen LogP contribution in [0.5, 0.6) is 0 Å². The fraction of sp³-hybridized carbons (Fsp3) is 0.923. The third-order valence-electron chi connectivity index (χ3n) is 3.68. The highest BCUT2D eigenvalue weighted by molar-refractivity contribution is 5.76. The van der Waals surface area contributed by atoms with Crippen molar-refractivity contribution in [2.75, 3.05) is 13.1 Å². The predicted molar refractivity (Wildman–Crippen MR) is 65.2 cm³/mol. The number of nitrogens with one attached hydrogen (secondary N) is 2. The summed E-state index contributed by atoms with van der Waals surface area (Å²) < 4.78 is 0. The Labute approximate surface area is 98.4 Å². The lowest BCUT2D eigenvalue weighted by Gasteiger charge is -2.09. The number of carbonyl (C=O) groups excluding carboxylic acids is 1. The molecule has 2 fully saturated rings. The van der Waals surface area contributed by atoms with E-state index in [1.54, 1.807) is 0 Å². The average Bonchev–Trinajstić information content (AvgIpc) is 2.93. The zero-order chi connectivity index (χ0) is 11.2. The maximum atomic E-state index is 11.4. The molecule has 0 saturated heterocycles. The molecule has 1 amide bonds. The lowest BCUT2D eigenvalue weighted by molar-refractivity contribution is -0.121. The molecule has 92 valence electrons. The second-order valence-corrected chi connectivity index (χ2v) is 5.28. The van der Waals surface area contributed by atoms with E-state index in [9.17, 15) is 4.79 Å². The quantitative estimate of drug-likeness (QED) is 0.648. The molecule has 0 aromatic rings. The molecular weight excluding hydrogens is 200 g/mol. The summed E-state index contributed by atoms with van der Waals surface area (Å²) in [6.07, 6.45) is 9.99. The van der Waals surface area contributed by atoms with Crippen LogP contribution in [0.2, 0.25) is 0 Å². The highest BCUT2D eigenvalue weighted by atomic mass is 16.1. The van der Waals surface area contributed by atoms with Gasteiger partial charge in [0.2, 0.25) is 5.91 Å². The van der Waals surface area contributed by atoms with Crippen LogP contribution in [0.3, 0.4) is 0 Å². The van der Waals surface area contributed by atoms with Gasteiger partial charge in [-0.1, -0.05) is 25.7 Å². The molecule has 2 rings (SSSR count). The summed E-state index contributed by atoms with van der Waals surface area (Å²) in [5.74, 6) is 1.17. The summed E-state index contributed by atoms with van der Waals surface area (Å²) in [4.78, 5) is 11.4.